The first kappa shape index (κ1) is 18.6. The second-order valence-electron chi connectivity index (χ2n) is 7.56. The summed E-state index contributed by atoms with van der Waals surface area (Å²) in [6.07, 6.45) is 2.46. The van der Waals surface area contributed by atoms with E-state index in [0.717, 1.165) is 24.2 Å². The van der Waals surface area contributed by atoms with E-state index in [1.807, 2.05) is 18.2 Å². The van der Waals surface area contributed by atoms with Gasteiger partial charge in [-0.05, 0) is 64.4 Å². The Morgan fingerprint density at radius 1 is 1.21 bits per heavy atom. The molecule has 0 spiro atoms. The number of benzene rings is 1. The van der Waals surface area contributed by atoms with Crippen molar-refractivity contribution in [3.05, 3.63) is 45.8 Å². The van der Waals surface area contributed by atoms with Crippen molar-refractivity contribution in [2.24, 2.45) is 5.92 Å². The molecule has 2 unspecified atom stereocenters. The molecule has 2 N–H and O–H groups in total. The van der Waals surface area contributed by atoms with Gasteiger partial charge in [-0.15, -0.1) is 0 Å². The molecule has 1 aliphatic heterocycles. The average Bonchev–Trinajstić information content (AvgIpc) is 3.12. The molecule has 0 aliphatic carbocycles. The maximum atomic E-state index is 11.9. The topological polar surface area (TPSA) is 84.8 Å². The van der Waals surface area contributed by atoms with E-state index in [4.69, 9.17) is 13.6 Å². The number of furan rings is 1. The minimum absolute atomic E-state index is 0.0642. The molecular weight excluding hydrogens is 358 g/mol. The van der Waals surface area contributed by atoms with E-state index < -0.39 is 5.63 Å². The Morgan fingerprint density at radius 2 is 2.04 bits per heavy atom. The molecule has 6 heteroatoms. The molecule has 0 bridgehead atoms. The molecule has 1 aliphatic rings. The van der Waals surface area contributed by atoms with Crippen molar-refractivity contribution >= 4 is 11.0 Å². The van der Waals surface area contributed by atoms with Crippen molar-refractivity contribution < 1.29 is 18.7 Å². The first-order chi connectivity index (χ1) is 13.4. The van der Waals surface area contributed by atoms with Crippen molar-refractivity contribution in [1.82, 2.24) is 5.32 Å². The number of rotatable bonds is 4. The molecule has 0 saturated carbocycles. The molecule has 4 rings (SSSR count). The van der Waals surface area contributed by atoms with Crippen LogP contribution in [0.3, 0.4) is 0 Å². The van der Waals surface area contributed by atoms with Gasteiger partial charge in [0.15, 0.2) is 11.5 Å². The largest absolute Gasteiger partial charge is 0.507 e. The molecule has 1 fully saturated rings. The van der Waals surface area contributed by atoms with Gasteiger partial charge in [-0.1, -0.05) is 0 Å². The smallest absolute Gasteiger partial charge is 0.343 e. The Balaban J connectivity index is 1.63. The molecule has 3 heterocycles. The van der Waals surface area contributed by atoms with Gasteiger partial charge in [-0.2, -0.15) is 0 Å². The Morgan fingerprint density at radius 3 is 2.79 bits per heavy atom. The molecule has 2 aromatic heterocycles. The molecule has 1 aromatic carbocycles. The minimum Gasteiger partial charge on any atom is -0.507 e. The van der Waals surface area contributed by atoms with Gasteiger partial charge >= 0.3 is 5.63 Å². The second kappa shape index (κ2) is 7.36. The zero-order valence-corrected chi connectivity index (χ0v) is 16.4. The Labute approximate surface area is 163 Å². The highest BCUT2D eigenvalue weighted by atomic mass is 16.5. The second-order valence-corrected chi connectivity index (χ2v) is 7.56. The molecule has 0 radical (unpaired) electrons. The highest BCUT2D eigenvalue weighted by Crippen LogP contribution is 2.35. The lowest BCUT2D eigenvalue weighted by atomic mass is 9.94. The van der Waals surface area contributed by atoms with Crippen molar-refractivity contribution in [2.75, 3.05) is 13.1 Å². The summed E-state index contributed by atoms with van der Waals surface area (Å²) in [5.74, 6) is 1.86. The van der Waals surface area contributed by atoms with Gasteiger partial charge < -0.3 is 24.0 Å². The van der Waals surface area contributed by atoms with Crippen LogP contribution in [0.5, 0.6) is 11.5 Å². The molecule has 6 nitrogen and oxygen atoms in total. The number of piperidine rings is 1. The fourth-order valence-electron chi connectivity index (χ4n) is 3.76. The van der Waals surface area contributed by atoms with Crippen molar-refractivity contribution in [1.29, 1.82) is 0 Å². The molecule has 148 valence electrons. The Kier molecular flexibility index (Phi) is 4.89. The summed E-state index contributed by atoms with van der Waals surface area (Å²) >= 11 is 0. The Bertz CT molecular complexity index is 1060. The first-order valence-electron chi connectivity index (χ1n) is 9.68. The maximum Gasteiger partial charge on any atom is 0.343 e. The van der Waals surface area contributed by atoms with Gasteiger partial charge in [-0.3, -0.25) is 0 Å². The quantitative estimate of drug-likeness (QED) is 0.704. The van der Waals surface area contributed by atoms with E-state index in [1.54, 1.807) is 13.0 Å². The number of ether oxygens (including phenoxy) is 1. The number of nitrogens with one attached hydrogen (secondary N) is 1. The van der Waals surface area contributed by atoms with Crippen LogP contribution in [0.15, 0.2) is 37.9 Å². The first-order valence-corrected chi connectivity index (χ1v) is 9.68. The normalized spacial score (nSPS) is 18.3. The third-order valence-electron chi connectivity index (χ3n) is 5.58. The van der Waals surface area contributed by atoms with E-state index in [-0.39, 0.29) is 23.2 Å². The van der Waals surface area contributed by atoms with Gasteiger partial charge in [-0.25, -0.2) is 4.79 Å². The van der Waals surface area contributed by atoms with E-state index in [0.29, 0.717) is 22.8 Å². The molecule has 28 heavy (non-hydrogen) atoms. The monoisotopic (exact) mass is 383 g/mol. The molecular formula is C22H25NO5. The van der Waals surface area contributed by atoms with Crippen LogP contribution >= 0.6 is 0 Å². The lowest BCUT2D eigenvalue weighted by Gasteiger charge is -2.28. The number of fused-ring (bicyclic) bond motifs is 1. The highest BCUT2D eigenvalue weighted by molar-refractivity contribution is 5.84. The van der Waals surface area contributed by atoms with Crippen molar-refractivity contribution in [3.63, 3.8) is 0 Å². The summed E-state index contributed by atoms with van der Waals surface area (Å²) in [6, 6.07) is 7.46. The highest BCUT2D eigenvalue weighted by Gasteiger charge is 2.22. The summed E-state index contributed by atoms with van der Waals surface area (Å²) in [6.45, 7) is 7.40. The van der Waals surface area contributed by atoms with E-state index in [2.05, 4.69) is 12.2 Å². The van der Waals surface area contributed by atoms with Crippen LogP contribution in [0.4, 0.5) is 0 Å². The number of hydrogen-bond donors (Lipinski definition) is 2. The fraction of sp³-hybridized carbons (Fsp3) is 0.409. The average molecular weight is 383 g/mol. The zero-order valence-electron chi connectivity index (χ0n) is 16.4. The zero-order chi connectivity index (χ0) is 19.8. The van der Waals surface area contributed by atoms with E-state index in [9.17, 15) is 9.90 Å². The van der Waals surface area contributed by atoms with Crippen LogP contribution in [-0.2, 0) is 0 Å². The van der Waals surface area contributed by atoms with Crippen LogP contribution in [0, 0.1) is 19.8 Å². The molecule has 2 atom stereocenters. The summed E-state index contributed by atoms with van der Waals surface area (Å²) in [4.78, 5) is 11.9. The van der Waals surface area contributed by atoms with Crippen LogP contribution in [0.2, 0.25) is 0 Å². The third-order valence-corrected chi connectivity index (χ3v) is 5.58. The van der Waals surface area contributed by atoms with Gasteiger partial charge in [0, 0.05) is 23.4 Å². The SMILES string of the molecule is Cc1c(-c2cc3cc(OC(C)C4CCCNC4)ccc3o2)oc(=O)c(C)c1O. The van der Waals surface area contributed by atoms with Crippen LogP contribution in [0.1, 0.15) is 30.9 Å². The summed E-state index contributed by atoms with van der Waals surface area (Å²) in [5, 5.41) is 14.4. The van der Waals surface area contributed by atoms with Gasteiger partial charge in [0.25, 0.3) is 0 Å². The Hall–Kier alpha value is -2.73. The van der Waals surface area contributed by atoms with Crippen molar-refractivity contribution in [3.8, 4) is 23.0 Å². The molecule has 0 amide bonds. The maximum absolute atomic E-state index is 11.9. The molecule has 3 aromatic rings. The van der Waals surface area contributed by atoms with Crippen molar-refractivity contribution in [2.45, 2.75) is 39.7 Å². The number of aromatic hydroxyl groups is 1. The molecule has 1 saturated heterocycles. The van der Waals surface area contributed by atoms with Crippen LogP contribution in [-0.4, -0.2) is 24.3 Å². The predicted molar refractivity (Wildman–Crippen MR) is 107 cm³/mol. The lowest BCUT2D eigenvalue weighted by molar-refractivity contribution is 0.131. The van der Waals surface area contributed by atoms with Gasteiger partial charge in [0.2, 0.25) is 0 Å². The summed E-state index contributed by atoms with van der Waals surface area (Å²) in [5.41, 5.74) is 0.763. The summed E-state index contributed by atoms with van der Waals surface area (Å²) < 4.78 is 17.4. The van der Waals surface area contributed by atoms with E-state index in [1.165, 1.54) is 19.8 Å². The standard InChI is InChI=1S/C22H25NO5/c1-12-20(24)13(2)22(25)28-21(12)19-10-16-9-17(6-7-18(16)27-19)26-14(3)15-5-4-8-23-11-15/h6-7,9-10,14-15,23-24H,4-5,8,11H2,1-3H3. The third kappa shape index (κ3) is 3.40. The van der Waals surface area contributed by atoms with Crippen LogP contribution in [0.25, 0.3) is 22.5 Å². The lowest BCUT2D eigenvalue weighted by Crippen LogP contribution is -2.37. The predicted octanol–water partition coefficient (Wildman–Crippen LogP) is 4.14. The van der Waals surface area contributed by atoms with Gasteiger partial charge in [0.1, 0.15) is 17.1 Å². The fourth-order valence-corrected chi connectivity index (χ4v) is 3.76. The summed E-state index contributed by atoms with van der Waals surface area (Å²) in [7, 11) is 0. The number of hydrogen-bond acceptors (Lipinski definition) is 6. The van der Waals surface area contributed by atoms with Gasteiger partial charge in [0.05, 0.1) is 11.7 Å². The van der Waals surface area contributed by atoms with Crippen LogP contribution < -0.4 is 15.7 Å². The van der Waals surface area contributed by atoms with E-state index >= 15 is 0 Å². The minimum atomic E-state index is -0.572.